The first kappa shape index (κ1) is 13.9. The summed E-state index contributed by atoms with van der Waals surface area (Å²) in [5, 5.41) is 0. The molecule has 0 spiro atoms. The van der Waals surface area contributed by atoms with Gasteiger partial charge in [-0.1, -0.05) is 52.1 Å². The molecule has 0 aromatic carbocycles. The van der Waals surface area contributed by atoms with Crippen molar-refractivity contribution in [2.24, 2.45) is 4.36 Å². The number of hydrogen-bond donors (Lipinski definition) is 0. The Morgan fingerprint density at radius 2 is 1.55 bits per heavy atom. The van der Waals surface area contributed by atoms with E-state index in [2.05, 4.69) is 94.7 Å². The van der Waals surface area contributed by atoms with Crippen LogP contribution in [0.2, 0.25) is 0 Å². The summed E-state index contributed by atoms with van der Waals surface area (Å²) in [5.41, 5.74) is 0. The Balaban J connectivity index is 4.64. The highest BCUT2D eigenvalue weighted by Gasteiger charge is 2.12. The van der Waals surface area contributed by atoms with Crippen LogP contribution < -0.4 is 0 Å². The molecule has 0 amide bonds. The first-order chi connectivity index (χ1) is 4.63. The molecule has 68 valence electrons. The summed E-state index contributed by atoms with van der Waals surface area (Å²) in [6.45, 7) is 3.82. The highest BCUT2D eigenvalue weighted by molar-refractivity contribution is 14.2. The van der Waals surface area contributed by atoms with Crippen molar-refractivity contribution in [1.82, 2.24) is 0 Å². The van der Waals surface area contributed by atoms with Crippen LogP contribution in [0, 0.1) is 0 Å². The third-order valence-electron chi connectivity index (χ3n) is 0.550. The topological polar surface area (TPSA) is 29.4 Å². The van der Waals surface area contributed by atoms with Crippen molar-refractivity contribution in [3.63, 3.8) is 0 Å². The zero-order valence-corrected chi connectivity index (χ0v) is 15.2. The van der Waals surface area contributed by atoms with Gasteiger partial charge in [-0.2, -0.15) is 10.6 Å². The van der Waals surface area contributed by atoms with E-state index in [4.69, 9.17) is 0 Å². The van der Waals surface area contributed by atoms with Crippen molar-refractivity contribution < 1.29 is 4.21 Å². The number of nitrogens with zero attached hydrogens (tertiary/aromatic N) is 1. The van der Waals surface area contributed by atoms with Crippen LogP contribution in [0.4, 0.5) is 0 Å². The molecule has 0 aliphatic rings. The zero-order chi connectivity index (χ0) is 9.28. The Kier molecular flexibility index (Phi) is 6.42. The van der Waals surface area contributed by atoms with Gasteiger partial charge in [-0.25, -0.2) is 0 Å². The summed E-state index contributed by atoms with van der Waals surface area (Å²) in [4.78, 5) is 0. The summed E-state index contributed by atoms with van der Waals surface area (Å²) in [7, 11) is -1.12. The maximum absolute atomic E-state index is 11.4. The molecule has 0 aromatic rings. The molecule has 0 rings (SSSR count). The van der Waals surface area contributed by atoms with Crippen LogP contribution in [-0.2, 0) is 14.8 Å². The van der Waals surface area contributed by atoms with Gasteiger partial charge in [-0.15, -0.1) is 0 Å². The van der Waals surface area contributed by atoms with Gasteiger partial charge in [-0.3, -0.25) is 0 Å². The monoisotopic (exact) mass is 624 g/mol. The van der Waals surface area contributed by atoms with E-state index in [1.54, 1.807) is 0 Å². The van der Waals surface area contributed by atoms with Gasteiger partial charge in [0.1, 0.15) is 1.55 Å². The molecular weight excluding hydrogens is 618 g/mol. The number of halogens is 4. The molecule has 11 heavy (non-hydrogen) atoms. The smallest absolute Gasteiger partial charge is 0.136 e. The van der Waals surface area contributed by atoms with E-state index in [9.17, 15) is 4.21 Å². The second-order valence-electron chi connectivity index (χ2n) is 1.99. The molecular formula is C4H6I4NOS-. The lowest BCUT2D eigenvalue weighted by atomic mass is 10.8. The van der Waals surface area contributed by atoms with Gasteiger partial charge in [0, 0.05) is 0.760 Å². The van der Waals surface area contributed by atoms with E-state index in [-0.39, 0.29) is 2.31 Å². The first-order valence-electron chi connectivity index (χ1n) is 2.53. The molecule has 0 N–H and O–H groups in total. The van der Waals surface area contributed by atoms with Gasteiger partial charge in [-0.05, 0) is 52.1 Å². The fourth-order valence-corrected chi connectivity index (χ4v) is 2.34. The summed E-state index contributed by atoms with van der Waals surface area (Å²) in [6.07, 6.45) is 0. The van der Waals surface area contributed by atoms with Gasteiger partial charge in [0.05, 0.1) is 0 Å². The highest BCUT2D eigenvalue weighted by Crippen LogP contribution is 2.34. The first-order valence-corrected chi connectivity index (χ1v) is 7.95. The zero-order valence-electron chi connectivity index (χ0n) is 5.78. The van der Waals surface area contributed by atoms with Crippen LogP contribution in [0.15, 0.2) is 4.36 Å². The molecule has 0 bridgehead atoms. The Hall–Kier alpha value is 2.87. The van der Waals surface area contributed by atoms with Crippen LogP contribution in [0.5, 0.6) is 0 Å². The quantitative estimate of drug-likeness (QED) is 0.196. The minimum absolute atomic E-state index is 0.266. The van der Waals surface area contributed by atoms with E-state index in [0.29, 0.717) is 0 Å². The van der Waals surface area contributed by atoms with Gasteiger partial charge in [0.2, 0.25) is 0 Å². The maximum Gasteiger partial charge on any atom is 0.136 e. The van der Waals surface area contributed by atoms with E-state index in [1.807, 2.05) is 13.8 Å². The predicted molar refractivity (Wildman–Crippen MR) is 83.4 cm³/mol. The molecule has 0 heterocycles. The fourth-order valence-electron chi connectivity index (χ4n) is 0.226. The molecule has 0 atom stereocenters. The average Bonchev–Trinajstić information content (AvgIpc) is 1.56. The van der Waals surface area contributed by atoms with Crippen molar-refractivity contribution in [1.29, 1.82) is 0 Å². The maximum atomic E-state index is 11.4. The second-order valence-corrected chi connectivity index (χ2v) is 17.6. The van der Waals surface area contributed by atoms with Gasteiger partial charge < -0.3 is 8.57 Å². The largest absolute Gasteiger partial charge is 0.442 e. The Labute approximate surface area is 123 Å². The molecule has 0 unspecified atom stereocenters. The summed E-state index contributed by atoms with van der Waals surface area (Å²) in [5.74, 6) is 0. The molecule has 2 nitrogen and oxygen atoms in total. The molecule has 0 aliphatic carbocycles. The molecule has 0 saturated heterocycles. The van der Waals surface area contributed by atoms with Crippen molar-refractivity contribution in [2.75, 3.05) is 0 Å². The SMILES string of the molecule is CC(I)(I)N=[S-](=O)C(C)(I)I. The molecule has 0 fully saturated rings. The van der Waals surface area contributed by atoms with Crippen LogP contribution in [-0.4, -0.2) is 2.31 Å². The Morgan fingerprint density at radius 1 is 1.18 bits per heavy atom. The number of hydrogen-bond acceptors (Lipinski definition) is 3. The summed E-state index contributed by atoms with van der Waals surface area (Å²) in [6, 6.07) is 0. The van der Waals surface area contributed by atoms with Crippen molar-refractivity contribution >= 4 is 101 Å². The minimum atomic E-state index is -1.12. The number of alkyl halides is 4. The lowest BCUT2D eigenvalue weighted by Crippen LogP contribution is -2.09. The highest BCUT2D eigenvalue weighted by atomic mass is 127. The fraction of sp³-hybridized carbons (Fsp3) is 1.00. The van der Waals surface area contributed by atoms with E-state index in [0.717, 1.165) is 0 Å². The minimum Gasteiger partial charge on any atom is -0.442 e. The molecule has 7 heteroatoms. The summed E-state index contributed by atoms with van der Waals surface area (Å²) >= 11 is 8.56. The normalized spacial score (nSPS) is 16.9. The standard InChI is InChI=1S/C4H6I4NOS/c1-3(5,6)9-11(10)4(2,7)8/h1-2H3/q-1. The molecule has 0 saturated carbocycles. The van der Waals surface area contributed by atoms with Gasteiger partial charge >= 0.3 is 0 Å². The van der Waals surface area contributed by atoms with Gasteiger partial charge in [0.25, 0.3) is 0 Å². The number of rotatable bonds is 2. The third kappa shape index (κ3) is 7.90. The van der Waals surface area contributed by atoms with Crippen molar-refractivity contribution in [3.05, 3.63) is 0 Å². The predicted octanol–water partition coefficient (Wildman–Crippen LogP) is 4.22. The average molecular weight is 624 g/mol. The van der Waals surface area contributed by atoms with E-state index in [1.165, 1.54) is 0 Å². The Bertz CT molecular complexity index is 209. The van der Waals surface area contributed by atoms with Crippen molar-refractivity contribution in [2.45, 2.75) is 16.2 Å². The van der Waals surface area contributed by atoms with E-state index >= 15 is 0 Å². The van der Waals surface area contributed by atoms with Crippen LogP contribution in [0.3, 0.4) is 0 Å². The summed E-state index contributed by atoms with van der Waals surface area (Å²) < 4.78 is 14.9. The van der Waals surface area contributed by atoms with Crippen LogP contribution in [0.1, 0.15) is 13.8 Å². The Morgan fingerprint density at radius 3 is 1.64 bits per heavy atom. The lowest BCUT2D eigenvalue weighted by molar-refractivity contribution is 0.598. The third-order valence-corrected chi connectivity index (χ3v) is 5.09. The lowest BCUT2D eigenvalue weighted by Gasteiger charge is -2.22. The van der Waals surface area contributed by atoms with E-state index < -0.39 is 10.6 Å². The molecule has 0 aromatic heterocycles. The van der Waals surface area contributed by atoms with Gasteiger partial charge in [0.15, 0.2) is 0 Å². The molecule has 0 radical (unpaired) electrons. The van der Waals surface area contributed by atoms with Crippen LogP contribution >= 0.6 is 90.4 Å². The molecule has 0 aliphatic heterocycles. The van der Waals surface area contributed by atoms with Crippen molar-refractivity contribution in [3.8, 4) is 0 Å². The van der Waals surface area contributed by atoms with Crippen LogP contribution in [0.25, 0.3) is 0 Å². The second kappa shape index (κ2) is 5.09.